The SMILES string of the molecule is Cc1ccccc1OCC(=O)N/N=C/c1ccccc1Cl. The van der Waals surface area contributed by atoms with Crippen molar-refractivity contribution in [3.8, 4) is 5.75 Å². The van der Waals surface area contributed by atoms with Crippen LogP contribution in [0.5, 0.6) is 5.75 Å². The molecule has 21 heavy (non-hydrogen) atoms. The molecule has 0 saturated carbocycles. The molecule has 1 N–H and O–H groups in total. The van der Waals surface area contributed by atoms with E-state index in [1.807, 2.05) is 49.4 Å². The zero-order valence-electron chi connectivity index (χ0n) is 11.5. The first-order chi connectivity index (χ1) is 10.2. The Kier molecular flexibility index (Phi) is 5.35. The lowest BCUT2D eigenvalue weighted by atomic mass is 10.2. The lowest BCUT2D eigenvalue weighted by molar-refractivity contribution is -0.123. The Bertz CT molecular complexity index is 656. The van der Waals surface area contributed by atoms with Crippen molar-refractivity contribution in [1.29, 1.82) is 0 Å². The van der Waals surface area contributed by atoms with Gasteiger partial charge in [0.15, 0.2) is 6.61 Å². The summed E-state index contributed by atoms with van der Waals surface area (Å²) < 4.78 is 5.41. The Balaban J connectivity index is 1.83. The first kappa shape index (κ1) is 15.1. The Morgan fingerprint density at radius 3 is 2.71 bits per heavy atom. The van der Waals surface area contributed by atoms with Crippen LogP contribution >= 0.6 is 11.6 Å². The number of hydrazone groups is 1. The van der Waals surface area contributed by atoms with Crippen molar-refractivity contribution in [1.82, 2.24) is 5.43 Å². The van der Waals surface area contributed by atoms with Gasteiger partial charge in [0.2, 0.25) is 0 Å². The van der Waals surface area contributed by atoms with Gasteiger partial charge in [0.25, 0.3) is 5.91 Å². The second-order valence-corrected chi connectivity index (χ2v) is 4.78. The van der Waals surface area contributed by atoms with Crippen molar-refractivity contribution in [2.24, 2.45) is 5.10 Å². The third-order valence-electron chi connectivity index (χ3n) is 2.75. The van der Waals surface area contributed by atoms with Gasteiger partial charge in [-0.1, -0.05) is 48.0 Å². The molecule has 108 valence electrons. The normalized spacial score (nSPS) is 10.6. The first-order valence-corrected chi connectivity index (χ1v) is 6.79. The minimum Gasteiger partial charge on any atom is -0.483 e. The lowest BCUT2D eigenvalue weighted by Gasteiger charge is -2.07. The number of amides is 1. The van der Waals surface area contributed by atoms with E-state index in [0.29, 0.717) is 10.8 Å². The molecule has 5 heteroatoms. The van der Waals surface area contributed by atoms with Crippen LogP contribution in [0.15, 0.2) is 53.6 Å². The van der Waals surface area contributed by atoms with Crippen LogP contribution < -0.4 is 10.2 Å². The van der Waals surface area contributed by atoms with Crippen molar-refractivity contribution < 1.29 is 9.53 Å². The van der Waals surface area contributed by atoms with Crippen LogP contribution in [-0.4, -0.2) is 18.7 Å². The van der Waals surface area contributed by atoms with E-state index in [9.17, 15) is 4.79 Å². The van der Waals surface area contributed by atoms with Crippen LogP contribution in [0.2, 0.25) is 5.02 Å². The van der Waals surface area contributed by atoms with Gasteiger partial charge >= 0.3 is 0 Å². The van der Waals surface area contributed by atoms with Gasteiger partial charge in [-0.2, -0.15) is 5.10 Å². The number of carbonyl (C=O) groups is 1. The molecule has 2 aromatic carbocycles. The van der Waals surface area contributed by atoms with Crippen molar-refractivity contribution in [3.05, 3.63) is 64.7 Å². The molecule has 0 spiro atoms. The molecular formula is C16H15ClN2O2. The second-order valence-electron chi connectivity index (χ2n) is 4.37. The molecule has 0 aliphatic carbocycles. The third kappa shape index (κ3) is 4.61. The maximum atomic E-state index is 11.6. The quantitative estimate of drug-likeness (QED) is 0.681. The molecular weight excluding hydrogens is 288 g/mol. The summed E-state index contributed by atoms with van der Waals surface area (Å²) in [5.41, 5.74) is 4.11. The zero-order valence-corrected chi connectivity index (χ0v) is 12.3. The van der Waals surface area contributed by atoms with E-state index in [1.165, 1.54) is 6.21 Å². The van der Waals surface area contributed by atoms with E-state index in [-0.39, 0.29) is 12.5 Å². The average Bonchev–Trinajstić information content (AvgIpc) is 2.48. The number of halogens is 1. The average molecular weight is 303 g/mol. The van der Waals surface area contributed by atoms with Gasteiger partial charge in [0, 0.05) is 10.6 Å². The lowest BCUT2D eigenvalue weighted by Crippen LogP contribution is -2.24. The first-order valence-electron chi connectivity index (χ1n) is 6.41. The fourth-order valence-corrected chi connectivity index (χ4v) is 1.83. The van der Waals surface area contributed by atoms with Gasteiger partial charge in [-0.05, 0) is 24.6 Å². The summed E-state index contributed by atoms with van der Waals surface area (Å²) in [5.74, 6) is 0.351. The molecule has 0 fully saturated rings. The smallest absolute Gasteiger partial charge is 0.277 e. The molecule has 0 aromatic heterocycles. The van der Waals surface area contributed by atoms with Gasteiger partial charge in [0.05, 0.1) is 6.21 Å². The highest BCUT2D eigenvalue weighted by atomic mass is 35.5. The molecule has 1 amide bonds. The summed E-state index contributed by atoms with van der Waals surface area (Å²) in [4.78, 5) is 11.6. The fourth-order valence-electron chi connectivity index (χ4n) is 1.65. The molecule has 2 aromatic rings. The second kappa shape index (κ2) is 7.45. The van der Waals surface area contributed by atoms with Crippen molar-refractivity contribution in [3.63, 3.8) is 0 Å². The molecule has 4 nitrogen and oxygen atoms in total. The highest BCUT2D eigenvalue weighted by Crippen LogP contribution is 2.15. The minimum absolute atomic E-state index is 0.0925. The molecule has 0 aliphatic heterocycles. The van der Waals surface area contributed by atoms with Crippen molar-refractivity contribution >= 4 is 23.7 Å². The fraction of sp³-hybridized carbons (Fsp3) is 0.125. The standard InChI is InChI=1S/C16H15ClN2O2/c1-12-6-2-5-9-15(12)21-11-16(20)19-18-10-13-7-3-4-8-14(13)17/h2-10H,11H2,1H3,(H,19,20)/b18-10+. The van der Waals surface area contributed by atoms with E-state index in [4.69, 9.17) is 16.3 Å². The number of carbonyl (C=O) groups excluding carboxylic acids is 1. The van der Waals surface area contributed by atoms with Crippen LogP contribution in [0.1, 0.15) is 11.1 Å². The number of rotatable bonds is 5. The van der Waals surface area contributed by atoms with Gasteiger partial charge in [-0.3, -0.25) is 4.79 Å². The van der Waals surface area contributed by atoms with E-state index in [1.54, 1.807) is 6.07 Å². The number of nitrogens with zero attached hydrogens (tertiary/aromatic N) is 1. The maximum Gasteiger partial charge on any atom is 0.277 e. The van der Waals surface area contributed by atoms with Gasteiger partial charge in [-0.25, -0.2) is 5.43 Å². The summed E-state index contributed by atoms with van der Waals surface area (Å²) in [6, 6.07) is 14.7. The summed E-state index contributed by atoms with van der Waals surface area (Å²) in [5, 5.41) is 4.42. The zero-order chi connectivity index (χ0) is 15.1. The van der Waals surface area contributed by atoms with Gasteiger partial charge in [0.1, 0.15) is 5.75 Å². The summed E-state index contributed by atoms with van der Waals surface area (Å²) in [6.07, 6.45) is 1.49. The Morgan fingerprint density at radius 1 is 1.24 bits per heavy atom. The maximum absolute atomic E-state index is 11.6. The Hall–Kier alpha value is -2.33. The highest BCUT2D eigenvalue weighted by molar-refractivity contribution is 6.33. The Morgan fingerprint density at radius 2 is 1.95 bits per heavy atom. The van der Waals surface area contributed by atoms with Crippen LogP contribution in [0.25, 0.3) is 0 Å². The minimum atomic E-state index is -0.332. The van der Waals surface area contributed by atoms with Crippen LogP contribution in [0.4, 0.5) is 0 Å². The van der Waals surface area contributed by atoms with Crippen LogP contribution in [0, 0.1) is 6.92 Å². The number of benzene rings is 2. The molecule has 2 rings (SSSR count). The summed E-state index contributed by atoms with van der Waals surface area (Å²) >= 11 is 5.97. The van der Waals surface area contributed by atoms with Gasteiger partial charge < -0.3 is 4.74 Å². The number of hydrogen-bond acceptors (Lipinski definition) is 3. The number of ether oxygens (including phenoxy) is 1. The van der Waals surface area contributed by atoms with E-state index in [2.05, 4.69) is 10.5 Å². The van der Waals surface area contributed by atoms with E-state index >= 15 is 0 Å². The molecule has 0 radical (unpaired) electrons. The van der Waals surface area contributed by atoms with Crippen LogP contribution in [0.3, 0.4) is 0 Å². The Labute approximate surface area is 128 Å². The number of hydrogen-bond donors (Lipinski definition) is 1. The molecule has 0 bridgehead atoms. The topological polar surface area (TPSA) is 50.7 Å². The summed E-state index contributed by atoms with van der Waals surface area (Å²) in [6.45, 7) is 1.83. The molecule has 0 atom stereocenters. The molecule has 0 aliphatic rings. The largest absolute Gasteiger partial charge is 0.483 e. The molecule has 0 saturated heterocycles. The number of aryl methyl sites for hydroxylation is 1. The predicted molar refractivity (Wildman–Crippen MR) is 83.9 cm³/mol. The van der Waals surface area contributed by atoms with Crippen molar-refractivity contribution in [2.45, 2.75) is 6.92 Å². The van der Waals surface area contributed by atoms with Crippen molar-refractivity contribution in [2.75, 3.05) is 6.61 Å². The van der Waals surface area contributed by atoms with E-state index < -0.39 is 0 Å². The monoisotopic (exact) mass is 302 g/mol. The number of nitrogens with one attached hydrogen (secondary N) is 1. The predicted octanol–water partition coefficient (Wildman–Crippen LogP) is 3.18. The molecule has 0 heterocycles. The third-order valence-corrected chi connectivity index (χ3v) is 3.09. The summed E-state index contributed by atoms with van der Waals surface area (Å²) in [7, 11) is 0. The van der Waals surface area contributed by atoms with Gasteiger partial charge in [-0.15, -0.1) is 0 Å². The number of para-hydroxylation sites is 1. The molecule has 0 unspecified atom stereocenters. The van der Waals surface area contributed by atoms with E-state index in [0.717, 1.165) is 11.1 Å². The highest BCUT2D eigenvalue weighted by Gasteiger charge is 2.03. The van der Waals surface area contributed by atoms with Crippen LogP contribution in [-0.2, 0) is 4.79 Å².